The zero-order valence-electron chi connectivity index (χ0n) is 18.6. The van der Waals surface area contributed by atoms with E-state index in [9.17, 15) is 13.2 Å². The van der Waals surface area contributed by atoms with Crippen LogP contribution >= 0.6 is 0 Å². The van der Waals surface area contributed by atoms with Gasteiger partial charge in [-0.2, -0.15) is 0 Å². The quantitative estimate of drug-likeness (QED) is 0.602. The van der Waals surface area contributed by atoms with Gasteiger partial charge >= 0.3 is 0 Å². The van der Waals surface area contributed by atoms with Gasteiger partial charge in [-0.3, -0.25) is 9.10 Å². The van der Waals surface area contributed by atoms with E-state index in [2.05, 4.69) is 5.32 Å². The van der Waals surface area contributed by atoms with Gasteiger partial charge in [0.2, 0.25) is 15.9 Å². The third kappa shape index (κ3) is 6.99. The molecular formula is C24H32N2O4S. The minimum absolute atomic E-state index is 0.140. The van der Waals surface area contributed by atoms with Gasteiger partial charge in [-0.1, -0.05) is 6.07 Å². The van der Waals surface area contributed by atoms with E-state index < -0.39 is 10.0 Å². The number of nitrogens with zero attached hydrogens (tertiary/aromatic N) is 1. The minimum atomic E-state index is -3.44. The highest BCUT2D eigenvalue weighted by Gasteiger charge is 2.19. The maximum absolute atomic E-state index is 12.3. The molecule has 7 heteroatoms. The summed E-state index contributed by atoms with van der Waals surface area (Å²) in [5, 5.41) is 2.87. The first kappa shape index (κ1) is 23.1. The number of benzene rings is 2. The number of carbonyl (C=O) groups is 1. The molecule has 0 radical (unpaired) electrons. The topological polar surface area (TPSA) is 75.7 Å². The van der Waals surface area contributed by atoms with Gasteiger partial charge in [0.05, 0.1) is 18.0 Å². The molecule has 1 saturated carbocycles. The fourth-order valence-corrected chi connectivity index (χ4v) is 4.95. The minimum Gasteiger partial charge on any atom is -0.490 e. The maximum Gasteiger partial charge on any atom is 0.232 e. The second kappa shape index (κ2) is 10.2. The van der Waals surface area contributed by atoms with Crippen LogP contribution in [0.3, 0.4) is 0 Å². The van der Waals surface area contributed by atoms with Crippen LogP contribution in [0.15, 0.2) is 42.5 Å². The molecule has 0 saturated heterocycles. The summed E-state index contributed by atoms with van der Waals surface area (Å²) in [5.74, 6) is 0.681. The van der Waals surface area contributed by atoms with E-state index in [1.165, 1.54) is 23.4 Å². The van der Waals surface area contributed by atoms with Crippen molar-refractivity contribution in [3.05, 3.63) is 53.6 Å². The number of anilines is 2. The molecule has 1 N–H and O–H groups in total. The molecule has 1 aliphatic carbocycles. The van der Waals surface area contributed by atoms with Crippen molar-refractivity contribution in [3.8, 4) is 5.75 Å². The number of nitrogens with one attached hydrogen (secondary N) is 1. The first-order valence-electron chi connectivity index (χ1n) is 10.8. The van der Waals surface area contributed by atoms with Crippen LogP contribution < -0.4 is 14.4 Å². The van der Waals surface area contributed by atoms with Gasteiger partial charge in [-0.15, -0.1) is 0 Å². The Kier molecular flexibility index (Phi) is 7.59. The number of carbonyl (C=O) groups excluding carboxylic acids is 1. The molecule has 0 spiro atoms. The Hall–Kier alpha value is -2.54. The Morgan fingerprint density at radius 1 is 1.06 bits per heavy atom. The van der Waals surface area contributed by atoms with Crippen LogP contribution in [0.5, 0.6) is 5.75 Å². The summed E-state index contributed by atoms with van der Waals surface area (Å²) in [4.78, 5) is 12.3. The van der Waals surface area contributed by atoms with E-state index in [1.807, 2.05) is 56.3 Å². The van der Waals surface area contributed by atoms with Crippen molar-refractivity contribution in [2.45, 2.75) is 58.5 Å². The molecule has 2 aromatic rings. The molecular weight excluding hydrogens is 412 g/mol. The van der Waals surface area contributed by atoms with Crippen LogP contribution in [0.1, 0.15) is 49.7 Å². The van der Waals surface area contributed by atoms with Crippen LogP contribution in [0.2, 0.25) is 0 Å². The molecule has 1 amide bonds. The second-order valence-corrected chi connectivity index (χ2v) is 10.3. The molecule has 168 valence electrons. The van der Waals surface area contributed by atoms with Crippen LogP contribution in [0.25, 0.3) is 0 Å². The number of sulfonamides is 1. The third-order valence-electron chi connectivity index (χ3n) is 5.40. The molecule has 31 heavy (non-hydrogen) atoms. The first-order valence-corrected chi connectivity index (χ1v) is 12.7. The van der Waals surface area contributed by atoms with E-state index >= 15 is 0 Å². The zero-order valence-corrected chi connectivity index (χ0v) is 19.4. The lowest BCUT2D eigenvalue weighted by molar-refractivity contribution is -0.116. The highest BCUT2D eigenvalue weighted by Crippen LogP contribution is 2.25. The largest absolute Gasteiger partial charge is 0.490 e. The van der Waals surface area contributed by atoms with Gasteiger partial charge in [-0.25, -0.2) is 8.42 Å². The first-order chi connectivity index (χ1) is 14.7. The Labute approximate surface area is 185 Å². The average Bonchev–Trinajstić information content (AvgIpc) is 3.18. The molecule has 0 aliphatic heterocycles. The Morgan fingerprint density at radius 3 is 2.26 bits per heavy atom. The molecule has 0 atom stereocenters. The monoisotopic (exact) mass is 444 g/mol. The van der Waals surface area contributed by atoms with E-state index in [-0.39, 0.29) is 18.9 Å². The SMILES string of the molecule is Cc1cc(C)cc(N(CCCC(=O)Nc2ccc(OC3CCCC3)cc2)S(C)(=O)=O)c1. The Bertz CT molecular complexity index is 976. The molecule has 0 bridgehead atoms. The Balaban J connectivity index is 1.52. The fraction of sp³-hybridized carbons (Fsp3) is 0.458. The number of hydrogen-bond donors (Lipinski definition) is 1. The number of rotatable bonds is 9. The smallest absolute Gasteiger partial charge is 0.232 e. The highest BCUT2D eigenvalue weighted by molar-refractivity contribution is 7.92. The lowest BCUT2D eigenvalue weighted by Gasteiger charge is -2.23. The summed E-state index contributed by atoms with van der Waals surface area (Å²) in [6.07, 6.45) is 6.80. The van der Waals surface area contributed by atoms with Crippen LogP contribution in [0.4, 0.5) is 11.4 Å². The van der Waals surface area contributed by atoms with Gasteiger partial charge in [-0.05, 0) is 93.5 Å². The molecule has 3 rings (SSSR count). The molecule has 6 nitrogen and oxygen atoms in total. The number of aryl methyl sites for hydroxylation is 2. The lowest BCUT2D eigenvalue weighted by Crippen LogP contribution is -2.31. The molecule has 1 aliphatic rings. The van der Waals surface area contributed by atoms with E-state index in [4.69, 9.17) is 4.74 Å². The van der Waals surface area contributed by atoms with Crippen molar-refractivity contribution in [1.82, 2.24) is 0 Å². The van der Waals surface area contributed by atoms with Gasteiger partial charge in [0.25, 0.3) is 0 Å². The predicted octanol–water partition coefficient (Wildman–Crippen LogP) is 4.81. The van der Waals surface area contributed by atoms with E-state index in [1.54, 1.807) is 0 Å². The molecule has 0 unspecified atom stereocenters. The Morgan fingerprint density at radius 2 is 1.68 bits per heavy atom. The van der Waals surface area contributed by atoms with E-state index in [0.717, 1.165) is 29.7 Å². The van der Waals surface area contributed by atoms with Crippen LogP contribution in [-0.4, -0.2) is 33.2 Å². The summed E-state index contributed by atoms with van der Waals surface area (Å²) in [6.45, 7) is 4.13. The van der Waals surface area contributed by atoms with Gasteiger partial charge in [0.15, 0.2) is 0 Å². The highest BCUT2D eigenvalue weighted by atomic mass is 32.2. The molecule has 1 fully saturated rings. The molecule has 2 aromatic carbocycles. The number of ether oxygens (including phenoxy) is 1. The second-order valence-electron chi connectivity index (χ2n) is 8.38. The number of amides is 1. The van der Waals surface area contributed by atoms with Crippen molar-refractivity contribution in [2.75, 3.05) is 22.4 Å². The summed E-state index contributed by atoms with van der Waals surface area (Å²) in [7, 11) is -3.44. The summed E-state index contributed by atoms with van der Waals surface area (Å²) < 4.78 is 31.9. The van der Waals surface area contributed by atoms with Gasteiger partial charge in [0, 0.05) is 18.7 Å². The molecule has 0 heterocycles. The van der Waals surface area contributed by atoms with Crippen molar-refractivity contribution < 1.29 is 17.9 Å². The van der Waals surface area contributed by atoms with Crippen molar-refractivity contribution >= 4 is 27.3 Å². The van der Waals surface area contributed by atoms with Gasteiger partial charge < -0.3 is 10.1 Å². The predicted molar refractivity (Wildman–Crippen MR) is 125 cm³/mol. The van der Waals surface area contributed by atoms with Crippen molar-refractivity contribution in [2.24, 2.45) is 0 Å². The summed E-state index contributed by atoms with van der Waals surface area (Å²) in [6, 6.07) is 13.1. The lowest BCUT2D eigenvalue weighted by atomic mass is 10.1. The third-order valence-corrected chi connectivity index (χ3v) is 6.60. The maximum atomic E-state index is 12.3. The van der Waals surface area contributed by atoms with Gasteiger partial charge in [0.1, 0.15) is 5.75 Å². The van der Waals surface area contributed by atoms with Crippen LogP contribution in [-0.2, 0) is 14.8 Å². The average molecular weight is 445 g/mol. The van der Waals surface area contributed by atoms with E-state index in [0.29, 0.717) is 23.9 Å². The summed E-state index contributed by atoms with van der Waals surface area (Å²) in [5.41, 5.74) is 3.35. The zero-order chi connectivity index (χ0) is 22.4. The fourth-order valence-electron chi connectivity index (χ4n) is 4.00. The van der Waals surface area contributed by atoms with Crippen LogP contribution in [0, 0.1) is 13.8 Å². The van der Waals surface area contributed by atoms with Crippen molar-refractivity contribution in [3.63, 3.8) is 0 Å². The van der Waals surface area contributed by atoms with Crippen molar-refractivity contribution in [1.29, 1.82) is 0 Å². The summed E-state index contributed by atoms with van der Waals surface area (Å²) >= 11 is 0. The molecule has 0 aromatic heterocycles. The standard InChI is InChI=1S/C24H32N2O4S/c1-18-15-19(2)17-21(16-18)26(31(3,28)29)14-6-9-24(27)25-20-10-12-23(13-11-20)30-22-7-4-5-8-22/h10-13,15-17,22H,4-9,14H2,1-3H3,(H,25,27). The number of hydrogen-bond acceptors (Lipinski definition) is 4. The normalized spacial score (nSPS) is 14.4.